The summed E-state index contributed by atoms with van der Waals surface area (Å²) in [6.45, 7) is 2.32. The highest BCUT2D eigenvalue weighted by molar-refractivity contribution is 9.11. The fourth-order valence-electron chi connectivity index (χ4n) is 2.86. The molecule has 1 unspecified atom stereocenters. The SMILES string of the molecule is CN=C(NCCc1ccc(Br)s1)NC1CCN(c2ncccc2F)C1. The second kappa shape index (κ2) is 8.62. The zero-order valence-corrected chi connectivity index (χ0v) is 16.4. The first kappa shape index (κ1) is 18.1. The minimum absolute atomic E-state index is 0.225. The molecule has 0 radical (unpaired) electrons. The van der Waals surface area contributed by atoms with Gasteiger partial charge in [0.1, 0.15) is 0 Å². The van der Waals surface area contributed by atoms with Crippen LogP contribution in [0, 0.1) is 5.82 Å². The van der Waals surface area contributed by atoms with Crippen LogP contribution in [-0.2, 0) is 6.42 Å². The number of nitrogens with one attached hydrogen (secondary N) is 2. The van der Waals surface area contributed by atoms with Gasteiger partial charge in [-0.1, -0.05) is 0 Å². The van der Waals surface area contributed by atoms with E-state index in [-0.39, 0.29) is 11.9 Å². The van der Waals surface area contributed by atoms with Crippen LogP contribution in [0.2, 0.25) is 0 Å². The number of halogens is 2. The maximum Gasteiger partial charge on any atom is 0.191 e. The van der Waals surface area contributed by atoms with Gasteiger partial charge in [0.25, 0.3) is 0 Å². The highest BCUT2D eigenvalue weighted by atomic mass is 79.9. The molecule has 1 aliphatic rings. The maximum absolute atomic E-state index is 13.9. The van der Waals surface area contributed by atoms with Crippen LogP contribution in [0.15, 0.2) is 39.2 Å². The summed E-state index contributed by atoms with van der Waals surface area (Å²) in [6, 6.07) is 7.48. The lowest BCUT2D eigenvalue weighted by atomic mass is 10.3. The van der Waals surface area contributed by atoms with Crippen molar-refractivity contribution in [3.05, 3.63) is 44.9 Å². The maximum atomic E-state index is 13.9. The largest absolute Gasteiger partial charge is 0.356 e. The summed E-state index contributed by atoms with van der Waals surface area (Å²) >= 11 is 5.23. The van der Waals surface area contributed by atoms with Crippen molar-refractivity contribution >= 4 is 39.0 Å². The van der Waals surface area contributed by atoms with Gasteiger partial charge < -0.3 is 15.5 Å². The molecule has 3 heterocycles. The van der Waals surface area contributed by atoms with E-state index in [9.17, 15) is 4.39 Å². The van der Waals surface area contributed by atoms with Gasteiger partial charge in [0.2, 0.25) is 0 Å². The van der Waals surface area contributed by atoms with Crippen LogP contribution in [-0.4, -0.2) is 43.7 Å². The normalized spacial score (nSPS) is 17.8. The quantitative estimate of drug-likeness (QED) is 0.570. The van der Waals surface area contributed by atoms with Crippen molar-refractivity contribution in [1.82, 2.24) is 15.6 Å². The van der Waals surface area contributed by atoms with Gasteiger partial charge in [-0.25, -0.2) is 9.37 Å². The number of aliphatic imine (C=N–C) groups is 1. The molecule has 0 saturated carbocycles. The molecule has 1 fully saturated rings. The minimum Gasteiger partial charge on any atom is -0.356 e. The van der Waals surface area contributed by atoms with Crippen molar-refractivity contribution in [2.45, 2.75) is 18.9 Å². The predicted molar refractivity (Wildman–Crippen MR) is 105 cm³/mol. The van der Waals surface area contributed by atoms with Crippen molar-refractivity contribution in [2.24, 2.45) is 4.99 Å². The van der Waals surface area contributed by atoms with Gasteiger partial charge in [-0.2, -0.15) is 0 Å². The van der Waals surface area contributed by atoms with Crippen LogP contribution < -0.4 is 15.5 Å². The van der Waals surface area contributed by atoms with Gasteiger partial charge in [0.05, 0.1) is 3.79 Å². The third-order valence-electron chi connectivity index (χ3n) is 4.08. The molecule has 0 aromatic carbocycles. The van der Waals surface area contributed by atoms with E-state index in [2.05, 4.69) is 48.7 Å². The van der Waals surface area contributed by atoms with Gasteiger partial charge in [0.15, 0.2) is 17.6 Å². The Kier molecular flexibility index (Phi) is 6.25. The van der Waals surface area contributed by atoms with Crippen LogP contribution in [0.1, 0.15) is 11.3 Å². The average Bonchev–Trinajstić information content (AvgIpc) is 3.23. The number of thiophene rings is 1. The molecule has 2 aromatic heterocycles. The van der Waals surface area contributed by atoms with E-state index < -0.39 is 0 Å². The van der Waals surface area contributed by atoms with Crippen LogP contribution >= 0.6 is 27.3 Å². The van der Waals surface area contributed by atoms with E-state index in [4.69, 9.17) is 0 Å². The Hall–Kier alpha value is -1.67. The number of aromatic nitrogens is 1. The molecule has 134 valence electrons. The second-order valence-corrected chi connectivity index (χ2v) is 8.39. The molecular formula is C17H21BrFN5S. The average molecular weight is 426 g/mol. The molecule has 5 nitrogen and oxygen atoms in total. The monoisotopic (exact) mass is 425 g/mol. The molecule has 0 amide bonds. The van der Waals surface area contributed by atoms with Crippen LogP contribution in [0.3, 0.4) is 0 Å². The lowest BCUT2D eigenvalue weighted by Crippen LogP contribution is -2.45. The Morgan fingerprint density at radius 2 is 2.36 bits per heavy atom. The van der Waals surface area contributed by atoms with Crippen molar-refractivity contribution in [1.29, 1.82) is 0 Å². The lowest BCUT2D eigenvalue weighted by molar-refractivity contribution is 0.612. The number of anilines is 1. The molecule has 0 spiro atoms. The van der Waals surface area contributed by atoms with E-state index in [0.717, 1.165) is 35.7 Å². The third kappa shape index (κ3) is 4.92. The van der Waals surface area contributed by atoms with Gasteiger partial charge in [0, 0.05) is 43.8 Å². The number of hydrogen-bond acceptors (Lipinski definition) is 4. The molecule has 8 heteroatoms. The Morgan fingerprint density at radius 3 is 3.08 bits per heavy atom. The van der Waals surface area contributed by atoms with Gasteiger partial charge in [-0.15, -0.1) is 11.3 Å². The van der Waals surface area contributed by atoms with Gasteiger partial charge in [-0.3, -0.25) is 4.99 Å². The zero-order chi connectivity index (χ0) is 17.6. The number of nitrogens with zero attached hydrogens (tertiary/aromatic N) is 3. The van der Waals surface area contributed by atoms with E-state index in [1.807, 2.05) is 4.90 Å². The fraction of sp³-hybridized carbons (Fsp3) is 0.412. The highest BCUT2D eigenvalue weighted by Crippen LogP contribution is 2.22. The zero-order valence-electron chi connectivity index (χ0n) is 14.0. The summed E-state index contributed by atoms with van der Waals surface area (Å²) in [5.41, 5.74) is 0. The van der Waals surface area contributed by atoms with Gasteiger partial charge >= 0.3 is 0 Å². The first-order chi connectivity index (χ1) is 12.2. The molecule has 2 N–H and O–H groups in total. The molecular weight excluding hydrogens is 405 g/mol. The first-order valence-electron chi connectivity index (χ1n) is 8.22. The van der Waals surface area contributed by atoms with E-state index in [1.54, 1.807) is 30.6 Å². The summed E-state index contributed by atoms with van der Waals surface area (Å²) in [6.07, 6.45) is 3.50. The number of pyridine rings is 1. The molecule has 3 rings (SSSR count). The van der Waals surface area contributed by atoms with E-state index in [1.165, 1.54) is 10.9 Å². The Balaban J connectivity index is 1.47. The summed E-state index contributed by atoms with van der Waals surface area (Å²) in [5, 5.41) is 6.76. The molecule has 0 bridgehead atoms. The van der Waals surface area contributed by atoms with E-state index in [0.29, 0.717) is 12.4 Å². The molecule has 2 aromatic rings. The Bertz CT molecular complexity index is 735. The Morgan fingerprint density at radius 1 is 1.48 bits per heavy atom. The van der Waals surface area contributed by atoms with Gasteiger partial charge in [-0.05, 0) is 53.0 Å². The number of hydrogen-bond donors (Lipinski definition) is 2. The molecule has 25 heavy (non-hydrogen) atoms. The summed E-state index contributed by atoms with van der Waals surface area (Å²) in [7, 11) is 1.77. The van der Waals surface area contributed by atoms with Crippen molar-refractivity contribution in [3.8, 4) is 0 Å². The topological polar surface area (TPSA) is 52.6 Å². The molecule has 1 saturated heterocycles. The second-order valence-electron chi connectivity index (χ2n) is 5.84. The highest BCUT2D eigenvalue weighted by Gasteiger charge is 2.25. The summed E-state index contributed by atoms with van der Waals surface area (Å²) in [5.74, 6) is 0.940. The van der Waals surface area contributed by atoms with Crippen molar-refractivity contribution < 1.29 is 4.39 Å². The smallest absolute Gasteiger partial charge is 0.191 e. The predicted octanol–water partition coefficient (Wildman–Crippen LogP) is 3.03. The molecule has 0 aliphatic carbocycles. The Labute approximate surface area is 159 Å². The van der Waals surface area contributed by atoms with Crippen LogP contribution in [0.5, 0.6) is 0 Å². The third-order valence-corrected chi connectivity index (χ3v) is 5.77. The van der Waals surface area contributed by atoms with Crippen LogP contribution in [0.4, 0.5) is 10.2 Å². The number of rotatable bonds is 5. The van der Waals surface area contributed by atoms with Crippen molar-refractivity contribution in [2.75, 3.05) is 31.6 Å². The number of guanidine groups is 1. The van der Waals surface area contributed by atoms with Crippen molar-refractivity contribution in [3.63, 3.8) is 0 Å². The first-order valence-corrected chi connectivity index (χ1v) is 9.83. The lowest BCUT2D eigenvalue weighted by Gasteiger charge is -2.19. The fourth-order valence-corrected chi connectivity index (χ4v) is 4.34. The summed E-state index contributed by atoms with van der Waals surface area (Å²) in [4.78, 5) is 11.7. The molecule has 1 atom stereocenters. The standard InChI is InChI=1S/C17H21BrFN5S/c1-20-17(22-9-6-13-4-5-15(18)25-13)23-12-7-10-24(11-12)16-14(19)3-2-8-21-16/h2-5,8,12H,6-7,9-11H2,1H3,(H2,20,22,23). The minimum atomic E-state index is -0.271. The van der Waals surface area contributed by atoms with E-state index >= 15 is 0 Å². The molecule has 1 aliphatic heterocycles. The van der Waals surface area contributed by atoms with Crippen LogP contribution in [0.25, 0.3) is 0 Å². The summed E-state index contributed by atoms with van der Waals surface area (Å²) < 4.78 is 15.0.